The summed E-state index contributed by atoms with van der Waals surface area (Å²) in [5.41, 5.74) is 0.526. The van der Waals surface area contributed by atoms with Gasteiger partial charge in [-0.1, -0.05) is 0 Å². The van der Waals surface area contributed by atoms with Gasteiger partial charge < -0.3 is 10.2 Å². The number of rotatable bonds is 6. The van der Waals surface area contributed by atoms with Gasteiger partial charge in [0, 0.05) is 24.7 Å². The Labute approximate surface area is 138 Å². The summed E-state index contributed by atoms with van der Waals surface area (Å²) in [6.07, 6.45) is 0.997. The molecule has 7 heteroatoms. The van der Waals surface area contributed by atoms with Crippen LogP contribution in [-0.4, -0.2) is 51.9 Å². The second kappa shape index (κ2) is 7.42. The highest BCUT2D eigenvalue weighted by Gasteiger charge is 2.26. The van der Waals surface area contributed by atoms with Crippen LogP contribution >= 0.6 is 0 Å². The maximum atomic E-state index is 12.5. The molecule has 0 aromatic heterocycles. The van der Waals surface area contributed by atoms with E-state index in [0.29, 0.717) is 11.5 Å². The summed E-state index contributed by atoms with van der Waals surface area (Å²) in [6.45, 7) is 5.94. The Morgan fingerprint density at radius 1 is 1.30 bits per heavy atom. The highest BCUT2D eigenvalue weighted by molar-refractivity contribution is 7.89. The first-order chi connectivity index (χ1) is 10.8. The highest BCUT2D eigenvalue weighted by Crippen LogP contribution is 2.19. The Balaban J connectivity index is 2.06. The average molecular weight is 339 g/mol. The molecule has 1 aromatic rings. The second-order valence-electron chi connectivity index (χ2n) is 6.26. The van der Waals surface area contributed by atoms with Crippen LogP contribution in [0.15, 0.2) is 29.2 Å². The summed E-state index contributed by atoms with van der Waals surface area (Å²) < 4.78 is 26.7. The molecular weight excluding hydrogens is 314 g/mol. The van der Waals surface area contributed by atoms with Crippen molar-refractivity contribution in [2.24, 2.45) is 5.92 Å². The van der Waals surface area contributed by atoms with Crippen molar-refractivity contribution in [1.82, 2.24) is 14.9 Å². The SMILES string of the molecule is CNCC1CCN(C(=O)c2ccc(S(=O)(=O)NC(C)C)cc2)C1. The average Bonchev–Trinajstić information content (AvgIpc) is 2.94. The number of amides is 1. The molecule has 1 amide bonds. The Hall–Kier alpha value is -1.44. The van der Waals surface area contributed by atoms with E-state index < -0.39 is 10.0 Å². The minimum Gasteiger partial charge on any atom is -0.338 e. The van der Waals surface area contributed by atoms with E-state index in [2.05, 4.69) is 10.0 Å². The molecule has 1 fully saturated rings. The van der Waals surface area contributed by atoms with Gasteiger partial charge >= 0.3 is 0 Å². The van der Waals surface area contributed by atoms with E-state index in [9.17, 15) is 13.2 Å². The molecule has 23 heavy (non-hydrogen) atoms. The minimum absolute atomic E-state index is 0.0376. The van der Waals surface area contributed by atoms with Crippen LogP contribution in [0.4, 0.5) is 0 Å². The fourth-order valence-corrected chi connectivity index (χ4v) is 4.06. The van der Waals surface area contributed by atoms with Crippen LogP contribution in [0.25, 0.3) is 0 Å². The standard InChI is InChI=1S/C16H25N3O3S/c1-12(2)18-23(21,22)15-6-4-14(5-7-15)16(20)19-9-8-13(11-19)10-17-3/h4-7,12-13,17-18H,8-11H2,1-3H3. The lowest BCUT2D eigenvalue weighted by Gasteiger charge is -2.17. The smallest absolute Gasteiger partial charge is 0.253 e. The Morgan fingerprint density at radius 2 is 1.96 bits per heavy atom. The summed E-state index contributed by atoms with van der Waals surface area (Å²) >= 11 is 0. The number of carbonyl (C=O) groups excluding carboxylic acids is 1. The lowest BCUT2D eigenvalue weighted by molar-refractivity contribution is 0.0787. The number of hydrogen-bond donors (Lipinski definition) is 2. The number of nitrogens with one attached hydrogen (secondary N) is 2. The van der Waals surface area contributed by atoms with Gasteiger partial charge in [-0.2, -0.15) is 0 Å². The first-order valence-electron chi connectivity index (χ1n) is 7.89. The van der Waals surface area contributed by atoms with Crippen molar-refractivity contribution < 1.29 is 13.2 Å². The Kier molecular flexibility index (Phi) is 5.78. The van der Waals surface area contributed by atoms with E-state index in [1.54, 1.807) is 26.0 Å². The first kappa shape index (κ1) is 17.9. The van der Waals surface area contributed by atoms with E-state index in [4.69, 9.17) is 0 Å². The maximum absolute atomic E-state index is 12.5. The van der Waals surface area contributed by atoms with Gasteiger partial charge in [0.25, 0.3) is 5.91 Å². The summed E-state index contributed by atoms with van der Waals surface area (Å²) in [5, 5.41) is 3.14. The van der Waals surface area contributed by atoms with Gasteiger partial charge in [0.1, 0.15) is 0 Å². The molecule has 1 heterocycles. The molecule has 1 unspecified atom stereocenters. The number of hydrogen-bond acceptors (Lipinski definition) is 4. The molecule has 2 rings (SSSR count). The van der Waals surface area contributed by atoms with Crippen LogP contribution in [0, 0.1) is 5.92 Å². The predicted octanol–water partition coefficient (Wildman–Crippen LogP) is 1.05. The van der Waals surface area contributed by atoms with Crippen molar-refractivity contribution in [3.8, 4) is 0 Å². The topological polar surface area (TPSA) is 78.5 Å². The zero-order valence-corrected chi connectivity index (χ0v) is 14.7. The van der Waals surface area contributed by atoms with Crippen molar-refractivity contribution in [2.75, 3.05) is 26.7 Å². The van der Waals surface area contributed by atoms with Gasteiger partial charge in [-0.3, -0.25) is 4.79 Å². The van der Waals surface area contributed by atoms with Crippen LogP contribution < -0.4 is 10.0 Å². The van der Waals surface area contributed by atoms with Crippen molar-refractivity contribution in [1.29, 1.82) is 0 Å². The third kappa shape index (κ3) is 4.53. The van der Waals surface area contributed by atoms with Gasteiger partial charge in [0.15, 0.2) is 0 Å². The summed E-state index contributed by atoms with van der Waals surface area (Å²) in [7, 11) is -1.61. The molecule has 0 radical (unpaired) electrons. The molecule has 1 atom stereocenters. The van der Waals surface area contributed by atoms with E-state index in [0.717, 1.165) is 26.1 Å². The number of benzene rings is 1. The number of carbonyl (C=O) groups is 1. The van der Waals surface area contributed by atoms with Crippen molar-refractivity contribution in [2.45, 2.75) is 31.2 Å². The third-order valence-electron chi connectivity index (χ3n) is 3.87. The molecule has 2 N–H and O–H groups in total. The van der Waals surface area contributed by atoms with Crippen LogP contribution in [0.3, 0.4) is 0 Å². The lowest BCUT2D eigenvalue weighted by atomic mass is 10.1. The molecule has 0 bridgehead atoms. The van der Waals surface area contributed by atoms with Crippen LogP contribution in [0.5, 0.6) is 0 Å². The molecule has 0 saturated carbocycles. The molecule has 1 aromatic carbocycles. The van der Waals surface area contributed by atoms with E-state index in [1.165, 1.54) is 12.1 Å². The van der Waals surface area contributed by atoms with Crippen molar-refractivity contribution in [3.05, 3.63) is 29.8 Å². The number of likely N-dealkylation sites (tertiary alicyclic amines) is 1. The van der Waals surface area contributed by atoms with Crippen LogP contribution in [0.1, 0.15) is 30.6 Å². The summed E-state index contributed by atoms with van der Waals surface area (Å²) in [4.78, 5) is 14.5. The number of sulfonamides is 1. The molecule has 0 spiro atoms. The molecule has 0 aliphatic carbocycles. The van der Waals surface area contributed by atoms with Gasteiger partial charge in [0.05, 0.1) is 4.90 Å². The van der Waals surface area contributed by atoms with Gasteiger partial charge in [-0.25, -0.2) is 13.1 Å². The van der Waals surface area contributed by atoms with Crippen molar-refractivity contribution >= 4 is 15.9 Å². The van der Waals surface area contributed by atoms with Crippen molar-refractivity contribution in [3.63, 3.8) is 0 Å². The fourth-order valence-electron chi connectivity index (χ4n) is 2.81. The highest BCUT2D eigenvalue weighted by atomic mass is 32.2. The van der Waals surface area contributed by atoms with Crippen LogP contribution in [0.2, 0.25) is 0 Å². The van der Waals surface area contributed by atoms with Crippen LogP contribution in [-0.2, 0) is 10.0 Å². The van der Waals surface area contributed by atoms with Gasteiger partial charge in [-0.15, -0.1) is 0 Å². The molecule has 1 aliphatic heterocycles. The molecular formula is C16H25N3O3S. The molecule has 1 aliphatic rings. The Bertz CT molecular complexity index is 641. The summed E-state index contributed by atoms with van der Waals surface area (Å²) in [6, 6.07) is 5.97. The fraction of sp³-hybridized carbons (Fsp3) is 0.562. The predicted molar refractivity (Wildman–Crippen MR) is 89.8 cm³/mol. The lowest BCUT2D eigenvalue weighted by Crippen LogP contribution is -2.31. The quantitative estimate of drug-likeness (QED) is 0.812. The van der Waals surface area contributed by atoms with Gasteiger partial charge in [-0.05, 0) is 64.0 Å². The van der Waals surface area contributed by atoms with E-state index >= 15 is 0 Å². The normalized spacial score (nSPS) is 18.6. The van der Waals surface area contributed by atoms with E-state index in [1.807, 2.05) is 11.9 Å². The molecule has 128 valence electrons. The zero-order chi connectivity index (χ0) is 17.0. The first-order valence-corrected chi connectivity index (χ1v) is 9.38. The molecule has 6 nitrogen and oxygen atoms in total. The minimum atomic E-state index is -3.52. The number of nitrogens with zero attached hydrogens (tertiary/aromatic N) is 1. The zero-order valence-electron chi connectivity index (χ0n) is 13.9. The van der Waals surface area contributed by atoms with Gasteiger partial charge in [0.2, 0.25) is 10.0 Å². The monoisotopic (exact) mass is 339 g/mol. The second-order valence-corrected chi connectivity index (χ2v) is 7.98. The Morgan fingerprint density at radius 3 is 2.52 bits per heavy atom. The van der Waals surface area contributed by atoms with E-state index in [-0.39, 0.29) is 16.8 Å². The summed E-state index contributed by atoms with van der Waals surface area (Å²) in [5.74, 6) is 0.447. The largest absolute Gasteiger partial charge is 0.338 e. The molecule has 1 saturated heterocycles. The maximum Gasteiger partial charge on any atom is 0.253 e. The third-order valence-corrected chi connectivity index (χ3v) is 5.54.